The van der Waals surface area contributed by atoms with E-state index in [9.17, 15) is 14.7 Å². The van der Waals surface area contributed by atoms with Crippen LogP contribution in [0.15, 0.2) is 24.3 Å². The highest BCUT2D eigenvalue weighted by atomic mass is 16.6. The van der Waals surface area contributed by atoms with E-state index in [4.69, 9.17) is 4.74 Å². The molecule has 1 unspecified atom stereocenters. The van der Waals surface area contributed by atoms with Gasteiger partial charge in [0.15, 0.2) is 0 Å². The average molecular weight is 332 g/mol. The molecule has 0 bridgehead atoms. The van der Waals surface area contributed by atoms with Crippen LogP contribution in [0.2, 0.25) is 0 Å². The van der Waals surface area contributed by atoms with Crippen molar-refractivity contribution in [3.05, 3.63) is 35.4 Å². The van der Waals surface area contributed by atoms with Crippen LogP contribution in [-0.4, -0.2) is 64.8 Å². The molecule has 1 N–H and O–H groups in total. The van der Waals surface area contributed by atoms with E-state index in [2.05, 4.69) is 0 Å². The largest absolute Gasteiger partial charge is 0.447 e. The number of carbonyl (C=O) groups is 2. The highest BCUT2D eigenvalue weighted by molar-refractivity contribution is 5.94. The highest BCUT2D eigenvalue weighted by Gasteiger charge is 2.38. The van der Waals surface area contributed by atoms with Crippen molar-refractivity contribution in [2.45, 2.75) is 38.3 Å². The molecule has 0 spiro atoms. The van der Waals surface area contributed by atoms with Crippen LogP contribution in [0.25, 0.3) is 0 Å². The van der Waals surface area contributed by atoms with Crippen LogP contribution in [0.1, 0.15) is 36.2 Å². The van der Waals surface area contributed by atoms with Gasteiger partial charge in [0.25, 0.3) is 5.91 Å². The first-order valence-corrected chi connectivity index (χ1v) is 8.37. The van der Waals surface area contributed by atoms with Gasteiger partial charge in [-0.05, 0) is 44.4 Å². The number of aliphatic hydroxyl groups is 1. The zero-order chi connectivity index (χ0) is 17.3. The van der Waals surface area contributed by atoms with E-state index in [1.54, 1.807) is 23.6 Å². The van der Waals surface area contributed by atoms with Crippen LogP contribution in [-0.2, 0) is 11.2 Å². The standard InChI is InChI=1S/C18H24N2O4/c1-18(2,23)7-6-13-4-3-5-14(10-13)16(21)19-8-9-20-15(11-19)12-24-17(20)22/h3-5,10,15,23H,6-9,11-12H2,1-2H3. The van der Waals surface area contributed by atoms with Gasteiger partial charge in [-0.25, -0.2) is 4.79 Å². The van der Waals surface area contributed by atoms with Gasteiger partial charge in [0.2, 0.25) is 0 Å². The normalized spacial score (nSPS) is 20.8. The Labute approximate surface area is 142 Å². The third kappa shape index (κ3) is 3.70. The maximum Gasteiger partial charge on any atom is 0.410 e. The Hall–Kier alpha value is -2.08. The van der Waals surface area contributed by atoms with Gasteiger partial charge in [-0.15, -0.1) is 0 Å². The third-order valence-corrected chi connectivity index (χ3v) is 4.60. The van der Waals surface area contributed by atoms with Crippen molar-refractivity contribution < 1.29 is 19.4 Å². The van der Waals surface area contributed by atoms with Gasteiger partial charge in [-0.1, -0.05) is 12.1 Å². The van der Waals surface area contributed by atoms with Crippen LogP contribution in [0.5, 0.6) is 0 Å². The molecule has 1 aromatic rings. The molecule has 6 nitrogen and oxygen atoms in total. The van der Waals surface area contributed by atoms with E-state index in [-0.39, 0.29) is 18.0 Å². The molecule has 2 aliphatic heterocycles. The predicted octanol–water partition coefficient (Wildman–Crippen LogP) is 1.67. The second kappa shape index (κ2) is 6.43. The van der Waals surface area contributed by atoms with Gasteiger partial charge in [-0.3, -0.25) is 9.69 Å². The van der Waals surface area contributed by atoms with E-state index >= 15 is 0 Å². The van der Waals surface area contributed by atoms with Crippen LogP contribution in [0, 0.1) is 0 Å². The number of hydrogen-bond acceptors (Lipinski definition) is 4. The molecule has 24 heavy (non-hydrogen) atoms. The van der Waals surface area contributed by atoms with Crippen LogP contribution < -0.4 is 0 Å². The van der Waals surface area contributed by atoms with Crippen LogP contribution in [0.4, 0.5) is 4.79 Å². The first-order valence-electron chi connectivity index (χ1n) is 8.37. The molecular formula is C18H24N2O4. The maximum absolute atomic E-state index is 12.8. The molecule has 0 radical (unpaired) electrons. The summed E-state index contributed by atoms with van der Waals surface area (Å²) in [6, 6.07) is 7.54. The molecule has 0 aromatic heterocycles. The topological polar surface area (TPSA) is 70.1 Å². The molecule has 130 valence electrons. The molecule has 2 aliphatic rings. The summed E-state index contributed by atoms with van der Waals surface area (Å²) in [5, 5.41) is 9.85. The van der Waals surface area contributed by atoms with Crippen molar-refractivity contribution in [1.29, 1.82) is 0 Å². The average Bonchev–Trinajstić information content (AvgIpc) is 2.92. The second-order valence-corrected chi connectivity index (χ2v) is 7.19. The van der Waals surface area contributed by atoms with Crippen molar-refractivity contribution in [3.63, 3.8) is 0 Å². The summed E-state index contributed by atoms with van der Waals surface area (Å²) in [6.07, 6.45) is 1.09. The Morgan fingerprint density at radius 2 is 2.17 bits per heavy atom. The molecule has 2 heterocycles. The third-order valence-electron chi connectivity index (χ3n) is 4.60. The summed E-state index contributed by atoms with van der Waals surface area (Å²) >= 11 is 0. The van der Waals surface area contributed by atoms with Gasteiger partial charge >= 0.3 is 6.09 Å². The number of aryl methyl sites for hydroxylation is 1. The highest BCUT2D eigenvalue weighted by Crippen LogP contribution is 2.20. The monoisotopic (exact) mass is 332 g/mol. The van der Waals surface area contributed by atoms with Crippen LogP contribution in [0.3, 0.4) is 0 Å². The van der Waals surface area contributed by atoms with E-state index < -0.39 is 5.60 Å². The first kappa shape index (κ1) is 16.8. The lowest BCUT2D eigenvalue weighted by atomic mass is 9.97. The van der Waals surface area contributed by atoms with Crippen molar-refractivity contribution in [2.75, 3.05) is 26.2 Å². The fraction of sp³-hybridized carbons (Fsp3) is 0.556. The lowest BCUT2D eigenvalue weighted by Gasteiger charge is -2.35. The van der Waals surface area contributed by atoms with Crippen molar-refractivity contribution in [2.24, 2.45) is 0 Å². The smallest absolute Gasteiger partial charge is 0.410 e. The minimum atomic E-state index is -0.717. The summed E-state index contributed by atoms with van der Waals surface area (Å²) < 4.78 is 5.04. The molecule has 2 fully saturated rings. The van der Waals surface area contributed by atoms with Crippen molar-refractivity contribution in [3.8, 4) is 0 Å². The number of amides is 2. The molecule has 0 aliphatic carbocycles. The quantitative estimate of drug-likeness (QED) is 0.910. The van der Waals surface area contributed by atoms with E-state index in [0.29, 0.717) is 38.2 Å². The summed E-state index contributed by atoms with van der Waals surface area (Å²) in [7, 11) is 0. The molecule has 6 heteroatoms. The van der Waals surface area contributed by atoms with Gasteiger partial charge < -0.3 is 14.7 Å². The zero-order valence-electron chi connectivity index (χ0n) is 14.2. The second-order valence-electron chi connectivity index (χ2n) is 7.19. The van der Waals surface area contributed by atoms with E-state index in [1.165, 1.54) is 0 Å². The molecule has 1 atom stereocenters. The number of piperazine rings is 1. The summed E-state index contributed by atoms with van der Waals surface area (Å²) in [6.45, 7) is 5.48. The first-order chi connectivity index (χ1) is 11.3. The van der Waals surface area contributed by atoms with Crippen molar-refractivity contribution >= 4 is 12.0 Å². The van der Waals surface area contributed by atoms with Gasteiger partial charge in [0.05, 0.1) is 11.6 Å². The lowest BCUT2D eigenvalue weighted by molar-refractivity contribution is 0.0617. The fourth-order valence-electron chi connectivity index (χ4n) is 3.17. The molecule has 3 rings (SSSR count). The van der Waals surface area contributed by atoms with Gasteiger partial charge in [0, 0.05) is 25.2 Å². The zero-order valence-corrected chi connectivity index (χ0v) is 14.2. The number of benzene rings is 1. The summed E-state index contributed by atoms with van der Waals surface area (Å²) in [5.74, 6) is -0.0147. The molecular weight excluding hydrogens is 308 g/mol. The maximum atomic E-state index is 12.8. The Balaban J connectivity index is 1.66. The number of hydrogen-bond donors (Lipinski definition) is 1. The predicted molar refractivity (Wildman–Crippen MR) is 88.8 cm³/mol. The van der Waals surface area contributed by atoms with E-state index in [0.717, 1.165) is 12.0 Å². The van der Waals surface area contributed by atoms with Gasteiger partial charge in [0.1, 0.15) is 6.61 Å². The Morgan fingerprint density at radius 3 is 2.92 bits per heavy atom. The Kier molecular flexibility index (Phi) is 4.49. The van der Waals surface area contributed by atoms with Gasteiger partial charge in [-0.2, -0.15) is 0 Å². The number of cyclic esters (lactones) is 1. The minimum Gasteiger partial charge on any atom is -0.447 e. The SMILES string of the molecule is CC(C)(O)CCc1cccc(C(=O)N2CCN3C(=O)OCC3C2)c1. The molecule has 1 aromatic carbocycles. The fourth-order valence-corrected chi connectivity index (χ4v) is 3.17. The van der Waals surface area contributed by atoms with Crippen molar-refractivity contribution in [1.82, 2.24) is 9.80 Å². The Morgan fingerprint density at radius 1 is 1.38 bits per heavy atom. The number of carbonyl (C=O) groups excluding carboxylic acids is 2. The number of rotatable bonds is 4. The number of fused-ring (bicyclic) bond motifs is 1. The molecule has 2 saturated heterocycles. The van der Waals surface area contributed by atoms with Crippen LogP contribution >= 0.6 is 0 Å². The lowest BCUT2D eigenvalue weighted by Crippen LogP contribution is -2.53. The number of nitrogens with zero attached hydrogens (tertiary/aromatic N) is 2. The Bertz CT molecular complexity index is 638. The summed E-state index contributed by atoms with van der Waals surface area (Å²) in [5.41, 5.74) is 0.980. The van der Waals surface area contributed by atoms with E-state index in [1.807, 2.05) is 24.3 Å². The number of ether oxygens (including phenoxy) is 1. The summed E-state index contributed by atoms with van der Waals surface area (Å²) in [4.78, 5) is 27.8. The minimum absolute atomic E-state index is 0.0147. The molecule has 0 saturated carbocycles. The molecule has 2 amide bonds.